The topological polar surface area (TPSA) is 54.0 Å². The Labute approximate surface area is 102 Å². The Morgan fingerprint density at radius 2 is 2.47 bits per heavy atom. The third-order valence-corrected chi connectivity index (χ3v) is 3.56. The van der Waals surface area contributed by atoms with Crippen LogP contribution in [0.25, 0.3) is 0 Å². The van der Waals surface area contributed by atoms with Crippen molar-refractivity contribution in [2.75, 3.05) is 18.4 Å². The fraction of sp³-hybridized carbons (Fsp3) is 0.538. The summed E-state index contributed by atoms with van der Waals surface area (Å²) in [4.78, 5) is 16.4. The summed E-state index contributed by atoms with van der Waals surface area (Å²) in [6.45, 7) is 5.70. The zero-order valence-electron chi connectivity index (χ0n) is 10.4. The van der Waals surface area contributed by atoms with E-state index in [9.17, 15) is 4.79 Å². The summed E-state index contributed by atoms with van der Waals surface area (Å²) in [5, 5.41) is 6.27. The molecule has 92 valence electrons. The number of pyridine rings is 1. The van der Waals surface area contributed by atoms with Gasteiger partial charge in [-0.05, 0) is 38.4 Å². The van der Waals surface area contributed by atoms with Crippen molar-refractivity contribution in [1.29, 1.82) is 0 Å². The van der Waals surface area contributed by atoms with Crippen LogP contribution in [-0.2, 0) is 4.79 Å². The zero-order chi connectivity index (χ0) is 12.3. The first-order chi connectivity index (χ1) is 8.16. The first kappa shape index (κ1) is 12.0. The molecule has 0 aliphatic carbocycles. The maximum atomic E-state index is 12.3. The van der Waals surface area contributed by atoms with E-state index in [2.05, 4.69) is 22.5 Å². The minimum Gasteiger partial charge on any atom is -0.325 e. The van der Waals surface area contributed by atoms with Gasteiger partial charge < -0.3 is 10.6 Å². The largest absolute Gasteiger partial charge is 0.325 e. The van der Waals surface area contributed by atoms with Gasteiger partial charge in [0.05, 0.1) is 5.41 Å². The van der Waals surface area contributed by atoms with Crippen molar-refractivity contribution < 1.29 is 4.79 Å². The smallest absolute Gasteiger partial charge is 0.231 e. The minimum absolute atomic E-state index is 0.121. The molecule has 1 aliphatic rings. The number of nitrogens with one attached hydrogen (secondary N) is 2. The number of carbonyl (C=O) groups excluding carboxylic acids is 1. The number of carbonyl (C=O) groups is 1. The summed E-state index contributed by atoms with van der Waals surface area (Å²) in [7, 11) is 0. The molecule has 0 aromatic carbocycles. The van der Waals surface area contributed by atoms with E-state index in [1.165, 1.54) is 0 Å². The molecule has 1 aromatic heterocycles. The van der Waals surface area contributed by atoms with Gasteiger partial charge >= 0.3 is 0 Å². The summed E-state index contributed by atoms with van der Waals surface area (Å²) >= 11 is 0. The molecule has 2 rings (SSSR count). The van der Waals surface area contributed by atoms with Crippen molar-refractivity contribution in [2.24, 2.45) is 5.41 Å². The van der Waals surface area contributed by atoms with E-state index < -0.39 is 0 Å². The number of nitrogens with zero attached hydrogens (tertiary/aromatic N) is 1. The van der Waals surface area contributed by atoms with E-state index in [0.717, 1.165) is 37.3 Å². The Bertz CT molecular complexity index is 411. The van der Waals surface area contributed by atoms with Gasteiger partial charge in [-0.15, -0.1) is 0 Å². The van der Waals surface area contributed by atoms with E-state index in [1.54, 1.807) is 6.20 Å². The molecule has 0 bridgehead atoms. The lowest BCUT2D eigenvalue weighted by atomic mass is 9.83. The molecule has 1 amide bonds. The summed E-state index contributed by atoms with van der Waals surface area (Å²) in [6.07, 6.45) is 3.51. The predicted molar refractivity (Wildman–Crippen MR) is 67.8 cm³/mol. The van der Waals surface area contributed by atoms with Gasteiger partial charge in [0.2, 0.25) is 5.91 Å². The highest BCUT2D eigenvalue weighted by Crippen LogP contribution is 2.30. The highest BCUT2D eigenvalue weighted by molar-refractivity contribution is 5.95. The lowest BCUT2D eigenvalue weighted by molar-refractivity contribution is -0.124. The second-order valence-electron chi connectivity index (χ2n) is 4.70. The van der Waals surface area contributed by atoms with Crippen molar-refractivity contribution in [3.63, 3.8) is 0 Å². The molecule has 1 aliphatic heterocycles. The number of rotatable bonds is 3. The predicted octanol–water partition coefficient (Wildman–Crippen LogP) is 1.72. The number of hydrogen-bond donors (Lipinski definition) is 2. The number of aryl methyl sites for hydroxylation is 1. The van der Waals surface area contributed by atoms with Crippen LogP contribution in [0.5, 0.6) is 0 Å². The van der Waals surface area contributed by atoms with Gasteiger partial charge in [0, 0.05) is 24.1 Å². The second kappa shape index (κ2) is 4.84. The summed E-state index contributed by atoms with van der Waals surface area (Å²) in [5.41, 5.74) is 1.51. The molecular formula is C13H19N3O. The van der Waals surface area contributed by atoms with Gasteiger partial charge in [-0.25, -0.2) is 0 Å². The van der Waals surface area contributed by atoms with Crippen LogP contribution in [-0.4, -0.2) is 24.0 Å². The molecule has 2 heterocycles. The molecule has 4 nitrogen and oxygen atoms in total. The lowest BCUT2D eigenvalue weighted by Crippen LogP contribution is -2.37. The van der Waals surface area contributed by atoms with Crippen LogP contribution < -0.4 is 10.6 Å². The maximum Gasteiger partial charge on any atom is 0.231 e. The molecule has 1 saturated heterocycles. The normalized spacial score (nSPS) is 23.6. The first-order valence-electron chi connectivity index (χ1n) is 6.11. The van der Waals surface area contributed by atoms with Crippen LogP contribution in [0.3, 0.4) is 0 Å². The highest BCUT2D eigenvalue weighted by atomic mass is 16.2. The van der Waals surface area contributed by atoms with Crippen LogP contribution in [0.15, 0.2) is 18.3 Å². The van der Waals surface area contributed by atoms with Gasteiger partial charge in [-0.3, -0.25) is 9.78 Å². The van der Waals surface area contributed by atoms with Crippen LogP contribution in [0.1, 0.15) is 25.5 Å². The van der Waals surface area contributed by atoms with Gasteiger partial charge in [-0.2, -0.15) is 0 Å². The monoisotopic (exact) mass is 233 g/mol. The highest BCUT2D eigenvalue weighted by Gasteiger charge is 2.39. The van der Waals surface area contributed by atoms with E-state index in [-0.39, 0.29) is 11.3 Å². The molecule has 1 unspecified atom stereocenters. The number of anilines is 1. The van der Waals surface area contributed by atoms with Crippen LogP contribution in [0.2, 0.25) is 0 Å². The van der Waals surface area contributed by atoms with Crippen molar-refractivity contribution in [1.82, 2.24) is 10.3 Å². The van der Waals surface area contributed by atoms with E-state index in [1.807, 2.05) is 19.1 Å². The third kappa shape index (κ3) is 2.47. The maximum absolute atomic E-state index is 12.3. The summed E-state index contributed by atoms with van der Waals surface area (Å²) in [6, 6.07) is 3.72. The Balaban J connectivity index is 2.10. The Kier molecular flexibility index (Phi) is 3.43. The second-order valence-corrected chi connectivity index (χ2v) is 4.70. The molecule has 0 saturated carbocycles. The van der Waals surface area contributed by atoms with Crippen LogP contribution >= 0.6 is 0 Å². The van der Waals surface area contributed by atoms with Gasteiger partial charge in [-0.1, -0.05) is 6.92 Å². The molecule has 2 N–H and O–H groups in total. The van der Waals surface area contributed by atoms with Crippen molar-refractivity contribution in [3.05, 3.63) is 24.0 Å². The third-order valence-electron chi connectivity index (χ3n) is 3.56. The standard InChI is InChI=1S/C13H19N3O/c1-3-13(5-7-14-9-13)12(17)16-11-4-6-15-10(2)8-11/h4,6,8,14H,3,5,7,9H2,1-2H3,(H,15,16,17). The molecule has 0 radical (unpaired) electrons. The molecule has 1 fully saturated rings. The van der Waals surface area contributed by atoms with E-state index in [4.69, 9.17) is 0 Å². The summed E-state index contributed by atoms with van der Waals surface area (Å²) < 4.78 is 0. The molecule has 0 spiro atoms. The molecule has 17 heavy (non-hydrogen) atoms. The lowest BCUT2D eigenvalue weighted by Gasteiger charge is -2.25. The zero-order valence-corrected chi connectivity index (χ0v) is 10.4. The minimum atomic E-state index is -0.239. The molecule has 4 heteroatoms. The number of amides is 1. The SMILES string of the molecule is CCC1(C(=O)Nc2ccnc(C)c2)CCNC1. The van der Waals surface area contributed by atoms with Crippen molar-refractivity contribution in [2.45, 2.75) is 26.7 Å². The number of hydrogen-bond acceptors (Lipinski definition) is 3. The van der Waals surface area contributed by atoms with Gasteiger partial charge in [0.15, 0.2) is 0 Å². The van der Waals surface area contributed by atoms with Gasteiger partial charge in [0.1, 0.15) is 0 Å². The quantitative estimate of drug-likeness (QED) is 0.835. The van der Waals surface area contributed by atoms with Crippen molar-refractivity contribution in [3.8, 4) is 0 Å². The first-order valence-corrected chi connectivity index (χ1v) is 6.11. The average Bonchev–Trinajstić information content (AvgIpc) is 2.78. The fourth-order valence-corrected chi connectivity index (χ4v) is 2.29. The Morgan fingerprint density at radius 1 is 1.65 bits per heavy atom. The molecular weight excluding hydrogens is 214 g/mol. The number of aromatic nitrogens is 1. The van der Waals surface area contributed by atoms with E-state index in [0.29, 0.717) is 0 Å². The fourth-order valence-electron chi connectivity index (χ4n) is 2.29. The van der Waals surface area contributed by atoms with E-state index >= 15 is 0 Å². The van der Waals surface area contributed by atoms with Gasteiger partial charge in [0.25, 0.3) is 0 Å². The Hall–Kier alpha value is -1.42. The van der Waals surface area contributed by atoms with Crippen LogP contribution in [0, 0.1) is 12.3 Å². The summed E-state index contributed by atoms with van der Waals surface area (Å²) in [5.74, 6) is 0.121. The molecule has 1 atom stereocenters. The molecule has 1 aromatic rings. The Morgan fingerprint density at radius 3 is 3.06 bits per heavy atom. The average molecular weight is 233 g/mol. The van der Waals surface area contributed by atoms with Crippen LogP contribution in [0.4, 0.5) is 5.69 Å². The van der Waals surface area contributed by atoms with Crippen molar-refractivity contribution >= 4 is 11.6 Å².